The van der Waals surface area contributed by atoms with Crippen LogP contribution in [0.15, 0.2) is 0 Å². The van der Waals surface area contributed by atoms with Crippen LogP contribution in [0, 0.1) is 0 Å². The first-order valence-electron chi connectivity index (χ1n) is 5.70. The number of hydrogen-bond acceptors (Lipinski definition) is 5. The Morgan fingerprint density at radius 2 is 2.06 bits per heavy atom. The van der Waals surface area contributed by atoms with E-state index in [1.54, 1.807) is 11.9 Å². The molecule has 0 aromatic carbocycles. The zero-order valence-corrected chi connectivity index (χ0v) is 11.2. The van der Waals surface area contributed by atoms with E-state index in [2.05, 4.69) is 0 Å². The number of carbonyl (C=O) groups is 1. The van der Waals surface area contributed by atoms with Crippen molar-refractivity contribution >= 4 is 15.7 Å². The Morgan fingerprint density at radius 1 is 1.41 bits per heavy atom. The van der Waals surface area contributed by atoms with Gasteiger partial charge in [0.15, 0.2) is 9.84 Å². The van der Waals surface area contributed by atoms with Gasteiger partial charge in [-0.3, -0.25) is 9.69 Å². The summed E-state index contributed by atoms with van der Waals surface area (Å²) in [5.41, 5.74) is 5.39. The lowest BCUT2D eigenvalue weighted by Crippen LogP contribution is -2.43. The van der Waals surface area contributed by atoms with E-state index in [9.17, 15) is 13.2 Å². The van der Waals surface area contributed by atoms with Gasteiger partial charge in [-0.15, -0.1) is 0 Å². The molecule has 1 aliphatic rings. The van der Waals surface area contributed by atoms with Crippen molar-refractivity contribution in [3.05, 3.63) is 0 Å². The molecule has 0 radical (unpaired) electrons. The van der Waals surface area contributed by atoms with Gasteiger partial charge < -0.3 is 10.6 Å². The van der Waals surface area contributed by atoms with Gasteiger partial charge in [0.25, 0.3) is 0 Å². The molecule has 0 bridgehead atoms. The van der Waals surface area contributed by atoms with E-state index in [-0.39, 0.29) is 30.0 Å². The van der Waals surface area contributed by atoms with Crippen molar-refractivity contribution in [2.75, 3.05) is 45.2 Å². The molecule has 6 nitrogen and oxygen atoms in total. The van der Waals surface area contributed by atoms with E-state index >= 15 is 0 Å². The third-order valence-electron chi connectivity index (χ3n) is 3.07. The largest absolute Gasteiger partial charge is 0.341 e. The van der Waals surface area contributed by atoms with Crippen LogP contribution in [0.2, 0.25) is 0 Å². The second-order valence-corrected chi connectivity index (χ2v) is 6.82. The molecule has 0 spiro atoms. The number of nitrogens with zero attached hydrogens (tertiary/aromatic N) is 2. The smallest absolute Gasteiger partial charge is 0.236 e. The Balaban J connectivity index is 2.47. The van der Waals surface area contributed by atoms with Gasteiger partial charge in [0.2, 0.25) is 5.91 Å². The number of hydrogen-bond donors (Lipinski definition) is 1. The lowest BCUT2D eigenvalue weighted by molar-refractivity contribution is -0.132. The van der Waals surface area contributed by atoms with Crippen LogP contribution in [0.25, 0.3) is 0 Å². The molecule has 0 aromatic rings. The van der Waals surface area contributed by atoms with E-state index < -0.39 is 9.84 Å². The van der Waals surface area contributed by atoms with Crippen molar-refractivity contribution in [1.82, 2.24) is 9.80 Å². The standard InChI is InChI=1S/C10H21N3O3S/c1-12(5-4-11)7-10(14)13(2)9-3-6-17(15,16)8-9/h9H,3-8,11H2,1-2H3. The third-order valence-corrected chi connectivity index (χ3v) is 4.82. The lowest BCUT2D eigenvalue weighted by Gasteiger charge is -2.26. The number of likely N-dealkylation sites (N-methyl/N-ethyl adjacent to an activating group) is 2. The van der Waals surface area contributed by atoms with Crippen LogP contribution in [0.3, 0.4) is 0 Å². The second kappa shape index (κ2) is 5.79. The first-order chi connectivity index (χ1) is 7.85. The average Bonchev–Trinajstić information content (AvgIpc) is 2.58. The minimum Gasteiger partial charge on any atom is -0.341 e. The van der Waals surface area contributed by atoms with Crippen molar-refractivity contribution in [1.29, 1.82) is 0 Å². The zero-order valence-electron chi connectivity index (χ0n) is 10.4. The fourth-order valence-electron chi connectivity index (χ4n) is 1.93. The third kappa shape index (κ3) is 4.25. The summed E-state index contributed by atoms with van der Waals surface area (Å²) in [6, 6.07) is -0.168. The van der Waals surface area contributed by atoms with Gasteiger partial charge in [0.05, 0.1) is 18.1 Å². The van der Waals surface area contributed by atoms with Crippen LogP contribution in [0.5, 0.6) is 0 Å². The summed E-state index contributed by atoms with van der Waals surface area (Å²) in [4.78, 5) is 15.3. The molecule has 1 amide bonds. The molecule has 1 rings (SSSR count). The molecule has 17 heavy (non-hydrogen) atoms. The van der Waals surface area contributed by atoms with E-state index in [0.717, 1.165) is 0 Å². The molecule has 1 unspecified atom stereocenters. The van der Waals surface area contributed by atoms with Crippen molar-refractivity contribution < 1.29 is 13.2 Å². The number of sulfone groups is 1. The quantitative estimate of drug-likeness (QED) is 0.654. The van der Waals surface area contributed by atoms with Gasteiger partial charge in [-0.1, -0.05) is 0 Å². The molecule has 1 saturated heterocycles. The molecular weight excluding hydrogens is 242 g/mol. The van der Waals surface area contributed by atoms with Gasteiger partial charge in [0.1, 0.15) is 0 Å². The molecule has 1 aliphatic heterocycles. The molecule has 7 heteroatoms. The van der Waals surface area contributed by atoms with Gasteiger partial charge in [-0.05, 0) is 13.5 Å². The first-order valence-corrected chi connectivity index (χ1v) is 7.52. The SMILES string of the molecule is CN(CCN)CC(=O)N(C)C1CCS(=O)(=O)C1. The number of amides is 1. The molecule has 2 N–H and O–H groups in total. The maximum absolute atomic E-state index is 11.9. The molecular formula is C10H21N3O3S. The fraction of sp³-hybridized carbons (Fsp3) is 0.900. The van der Waals surface area contributed by atoms with Crippen LogP contribution >= 0.6 is 0 Å². The molecule has 1 atom stereocenters. The zero-order chi connectivity index (χ0) is 13.1. The van der Waals surface area contributed by atoms with Crippen molar-refractivity contribution in [3.8, 4) is 0 Å². The molecule has 0 saturated carbocycles. The predicted molar refractivity (Wildman–Crippen MR) is 66.4 cm³/mol. The molecule has 1 heterocycles. The Labute approximate surface area is 103 Å². The monoisotopic (exact) mass is 263 g/mol. The van der Waals surface area contributed by atoms with Crippen LogP contribution in [0.4, 0.5) is 0 Å². The number of nitrogens with two attached hydrogens (primary N) is 1. The maximum Gasteiger partial charge on any atom is 0.236 e. The highest BCUT2D eigenvalue weighted by molar-refractivity contribution is 7.91. The molecule has 0 aromatic heterocycles. The minimum absolute atomic E-state index is 0.0527. The van der Waals surface area contributed by atoms with Crippen molar-refractivity contribution in [3.63, 3.8) is 0 Å². The van der Waals surface area contributed by atoms with Gasteiger partial charge in [-0.2, -0.15) is 0 Å². The van der Waals surface area contributed by atoms with Crippen LogP contribution < -0.4 is 5.73 Å². The molecule has 100 valence electrons. The Hall–Kier alpha value is -0.660. The summed E-state index contributed by atoms with van der Waals surface area (Å²) in [7, 11) is 0.554. The van der Waals surface area contributed by atoms with Crippen molar-refractivity contribution in [2.24, 2.45) is 5.73 Å². The van der Waals surface area contributed by atoms with Gasteiger partial charge >= 0.3 is 0 Å². The molecule has 0 aliphatic carbocycles. The highest BCUT2D eigenvalue weighted by atomic mass is 32.2. The van der Waals surface area contributed by atoms with E-state index in [1.807, 2.05) is 11.9 Å². The Kier molecular flexibility index (Phi) is 4.91. The second-order valence-electron chi connectivity index (χ2n) is 4.59. The minimum atomic E-state index is -2.94. The summed E-state index contributed by atoms with van der Waals surface area (Å²) < 4.78 is 22.7. The van der Waals surface area contributed by atoms with Crippen LogP contribution in [-0.4, -0.2) is 75.4 Å². The van der Waals surface area contributed by atoms with Gasteiger partial charge in [0, 0.05) is 26.2 Å². The summed E-state index contributed by atoms with van der Waals surface area (Å²) >= 11 is 0. The van der Waals surface area contributed by atoms with Crippen molar-refractivity contribution in [2.45, 2.75) is 12.5 Å². The van der Waals surface area contributed by atoms with Gasteiger partial charge in [-0.25, -0.2) is 8.42 Å². The highest BCUT2D eigenvalue weighted by Crippen LogP contribution is 2.16. The summed E-state index contributed by atoms with van der Waals surface area (Å²) in [6.07, 6.45) is 0.547. The number of rotatable bonds is 5. The lowest BCUT2D eigenvalue weighted by atomic mass is 10.2. The van der Waals surface area contributed by atoms with Crippen LogP contribution in [0.1, 0.15) is 6.42 Å². The average molecular weight is 263 g/mol. The van der Waals surface area contributed by atoms with E-state index in [0.29, 0.717) is 19.5 Å². The van der Waals surface area contributed by atoms with E-state index in [1.165, 1.54) is 0 Å². The molecule has 1 fully saturated rings. The summed E-state index contributed by atoms with van der Waals surface area (Å²) in [5.74, 6) is 0.229. The number of carbonyl (C=O) groups excluding carboxylic acids is 1. The summed E-state index contributed by atoms with van der Waals surface area (Å²) in [6.45, 7) is 1.44. The Morgan fingerprint density at radius 3 is 2.53 bits per heavy atom. The fourth-order valence-corrected chi connectivity index (χ4v) is 3.70. The Bertz CT molecular complexity index is 369. The maximum atomic E-state index is 11.9. The van der Waals surface area contributed by atoms with Crippen LogP contribution in [-0.2, 0) is 14.6 Å². The first kappa shape index (κ1) is 14.4. The van der Waals surface area contributed by atoms with E-state index in [4.69, 9.17) is 5.73 Å². The predicted octanol–water partition coefficient (Wildman–Crippen LogP) is -1.48. The normalized spacial score (nSPS) is 22.9. The topological polar surface area (TPSA) is 83.7 Å². The highest BCUT2D eigenvalue weighted by Gasteiger charge is 2.32. The summed E-state index contributed by atoms with van der Waals surface area (Å²) in [5, 5.41) is 0.